The van der Waals surface area contributed by atoms with Crippen LogP contribution in [0.3, 0.4) is 0 Å². The largest absolute Gasteiger partial charge is 0.324 e. The van der Waals surface area contributed by atoms with E-state index < -0.39 is 0 Å². The van der Waals surface area contributed by atoms with Crippen LogP contribution in [0.5, 0.6) is 0 Å². The summed E-state index contributed by atoms with van der Waals surface area (Å²) in [6.07, 6.45) is 0. The first kappa shape index (κ1) is 9.56. The van der Waals surface area contributed by atoms with Gasteiger partial charge in [0.2, 0.25) is 5.91 Å². The van der Waals surface area contributed by atoms with Crippen LogP contribution in [0.4, 0.5) is 5.69 Å². The molecule has 1 aromatic carbocycles. The number of hydrogen-bond donors (Lipinski definition) is 1. The van der Waals surface area contributed by atoms with E-state index in [4.69, 9.17) is 16.9 Å². The quantitative estimate of drug-likeness (QED) is 0.745. The third-order valence-electron chi connectivity index (χ3n) is 1.44. The number of nitriles is 1. The van der Waals surface area contributed by atoms with E-state index in [0.29, 0.717) is 16.3 Å². The van der Waals surface area contributed by atoms with Gasteiger partial charge in [0.15, 0.2) is 0 Å². The summed E-state index contributed by atoms with van der Waals surface area (Å²) >= 11 is 5.79. The van der Waals surface area contributed by atoms with Gasteiger partial charge in [-0.2, -0.15) is 5.26 Å². The monoisotopic (exact) mass is 194 g/mol. The number of rotatable bonds is 1. The molecule has 0 saturated heterocycles. The van der Waals surface area contributed by atoms with Crippen molar-refractivity contribution in [2.24, 2.45) is 0 Å². The number of benzene rings is 1. The summed E-state index contributed by atoms with van der Waals surface area (Å²) in [4.78, 5) is 10.8. The molecule has 0 bridgehead atoms. The van der Waals surface area contributed by atoms with Crippen LogP contribution in [-0.2, 0) is 4.79 Å². The predicted molar refractivity (Wildman–Crippen MR) is 50.5 cm³/mol. The van der Waals surface area contributed by atoms with Gasteiger partial charge in [0, 0.05) is 6.92 Å². The third kappa shape index (κ3) is 2.20. The molecule has 0 spiro atoms. The van der Waals surface area contributed by atoms with Crippen LogP contribution in [0.2, 0.25) is 5.02 Å². The van der Waals surface area contributed by atoms with E-state index >= 15 is 0 Å². The Balaban J connectivity index is 3.17. The number of halogens is 1. The Morgan fingerprint density at radius 1 is 1.62 bits per heavy atom. The van der Waals surface area contributed by atoms with Gasteiger partial charge >= 0.3 is 0 Å². The number of anilines is 1. The van der Waals surface area contributed by atoms with Crippen molar-refractivity contribution >= 4 is 23.2 Å². The fourth-order valence-electron chi connectivity index (χ4n) is 0.920. The molecule has 1 N–H and O–H groups in total. The van der Waals surface area contributed by atoms with Gasteiger partial charge in [-0.05, 0) is 12.1 Å². The Hall–Kier alpha value is -1.53. The lowest BCUT2D eigenvalue weighted by Crippen LogP contribution is -2.07. The first-order chi connectivity index (χ1) is 6.15. The van der Waals surface area contributed by atoms with E-state index in [2.05, 4.69) is 5.32 Å². The Bertz CT molecular complexity index is 382. The molecule has 0 saturated carbocycles. The minimum absolute atomic E-state index is 0.246. The van der Waals surface area contributed by atoms with Crippen molar-refractivity contribution < 1.29 is 4.79 Å². The maximum absolute atomic E-state index is 10.8. The molecule has 13 heavy (non-hydrogen) atoms. The number of carbonyl (C=O) groups excluding carboxylic acids is 1. The highest BCUT2D eigenvalue weighted by molar-refractivity contribution is 6.34. The number of nitrogens with zero attached hydrogens (tertiary/aromatic N) is 1. The zero-order valence-corrected chi connectivity index (χ0v) is 7.72. The van der Waals surface area contributed by atoms with E-state index in [1.54, 1.807) is 18.2 Å². The third-order valence-corrected chi connectivity index (χ3v) is 1.75. The molecule has 0 fully saturated rings. The van der Waals surface area contributed by atoms with Crippen LogP contribution in [0.25, 0.3) is 0 Å². The Morgan fingerprint density at radius 3 is 2.85 bits per heavy atom. The maximum Gasteiger partial charge on any atom is 0.221 e. The summed E-state index contributed by atoms with van der Waals surface area (Å²) in [7, 11) is 0. The second-order valence-corrected chi connectivity index (χ2v) is 2.86. The summed E-state index contributed by atoms with van der Waals surface area (Å²) in [5.74, 6) is -0.246. The van der Waals surface area contributed by atoms with Crippen LogP contribution < -0.4 is 5.32 Å². The predicted octanol–water partition coefficient (Wildman–Crippen LogP) is 2.17. The smallest absolute Gasteiger partial charge is 0.221 e. The first-order valence-electron chi connectivity index (χ1n) is 3.61. The van der Waals surface area contributed by atoms with Crippen LogP contribution in [-0.4, -0.2) is 5.91 Å². The van der Waals surface area contributed by atoms with Gasteiger partial charge in [-0.25, -0.2) is 0 Å². The molecule has 0 atom stereocenters. The number of carbonyl (C=O) groups is 1. The molecular formula is C9H7ClN2O. The fourth-order valence-corrected chi connectivity index (χ4v) is 1.14. The molecular weight excluding hydrogens is 188 g/mol. The van der Waals surface area contributed by atoms with Gasteiger partial charge in [-0.3, -0.25) is 4.79 Å². The zero-order valence-electron chi connectivity index (χ0n) is 6.97. The summed E-state index contributed by atoms with van der Waals surface area (Å²) in [6, 6.07) is 6.81. The molecule has 0 aromatic heterocycles. The van der Waals surface area contributed by atoms with Crippen LogP contribution in [0.1, 0.15) is 12.5 Å². The van der Waals surface area contributed by atoms with Gasteiger partial charge in [0.25, 0.3) is 0 Å². The number of para-hydroxylation sites is 1. The van der Waals surface area contributed by atoms with Crippen molar-refractivity contribution in [2.45, 2.75) is 6.92 Å². The van der Waals surface area contributed by atoms with Crippen LogP contribution in [0.15, 0.2) is 18.2 Å². The summed E-state index contributed by atoms with van der Waals surface area (Å²) in [6.45, 7) is 1.37. The highest BCUT2D eigenvalue weighted by Crippen LogP contribution is 2.24. The topological polar surface area (TPSA) is 52.9 Å². The molecule has 0 heterocycles. The fraction of sp³-hybridized carbons (Fsp3) is 0.111. The lowest BCUT2D eigenvalue weighted by Gasteiger charge is -2.05. The SMILES string of the molecule is CC(=O)Nc1c(Cl)cccc1C#N. The molecule has 3 nitrogen and oxygen atoms in total. The van der Waals surface area contributed by atoms with Crippen molar-refractivity contribution in [3.63, 3.8) is 0 Å². The lowest BCUT2D eigenvalue weighted by molar-refractivity contribution is -0.114. The second kappa shape index (κ2) is 3.92. The van der Waals surface area contributed by atoms with E-state index in [-0.39, 0.29) is 5.91 Å². The van der Waals surface area contributed by atoms with E-state index in [9.17, 15) is 4.79 Å². The summed E-state index contributed by atoms with van der Waals surface area (Å²) in [5, 5.41) is 11.6. The van der Waals surface area contributed by atoms with Crippen molar-refractivity contribution in [2.75, 3.05) is 5.32 Å². The minimum atomic E-state index is -0.246. The van der Waals surface area contributed by atoms with Gasteiger partial charge in [0.1, 0.15) is 6.07 Å². The number of nitrogens with one attached hydrogen (secondary N) is 1. The standard InChI is InChI=1S/C9H7ClN2O/c1-6(13)12-9-7(5-11)3-2-4-8(9)10/h2-4H,1H3,(H,12,13). The average molecular weight is 195 g/mol. The van der Waals surface area contributed by atoms with Gasteiger partial charge < -0.3 is 5.32 Å². The highest BCUT2D eigenvalue weighted by atomic mass is 35.5. The molecule has 1 aromatic rings. The first-order valence-corrected chi connectivity index (χ1v) is 3.99. The van der Waals surface area contributed by atoms with E-state index in [1.165, 1.54) is 6.92 Å². The van der Waals surface area contributed by atoms with Crippen molar-refractivity contribution in [3.05, 3.63) is 28.8 Å². The molecule has 4 heteroatoms. The Morgan fingerprint density at radius 2 is 2.31 bits per heavy atom. The van der Waals surface area contributed by atoms with Crippen LogP contribution >= 0.6 is 11.6 Å². The Kier molecular flexibility index (Phi) is 2.88. The van der Waals surface area contributed by atoms with E-state index in [1.807, 2.05) is 6.07 Å². The van der Waals surface area contributed by atoms with Gasteiger partial charge in [-0.15, -0.1) is 0 Å². The lowest BCUT2D eigenvalue weighted by atomic mass is 10.2. The molecule has 1 rings (SSSR count). The molecule has 0 radical (unpaired) electrons. The highest BCUT2D eigenvalue weighted by Gasteiger charge is 2.06. The van der Waals surface area contributed by atoms with Crippen molar-refractivity contribution in [1.82, 2.24) is 0 Å². The number of hydrogen-bond acceptors (Lipinski definition) is 2. The van der Waals surface area contributed by atoms with Crippen LogP contribution in [0, 0.1) is 11.3 Å². The van der Waals surface area contributed by atoms with Gasteiger partial charge in [-0.1, -0.05) is 17.7 Å². The number of amides is 1. The Labute approximate surface area is 80.9 Å². The minimum Gasteiger partial charge on any atom is -0.324 e. The molecule has 0 aliphatic rings. The second-order valence-electron chi connectivity index (χ2n) is 2.46. The summed E-state index contributed by atoms with van der Waals surface area (Å²) in [5.41, 5.74) is 0.738. The normalized spacial score (nSPS) is 9.00. The summed E-state index contributed by atoms with van der Waals surface area (Å²) < 4.78 is 0. The average Bonchev–Trinajstić information content (AvgIpc) is 2.08. The van der Waals surface area contributed by atoms with E-state index in [0.717, 1.165) is 0 Å². The molecule has 0 unspecified atom stereocenters. The van der Waals surface area contributed by atoms with Gasteiger partial charge in [0.05, 0.1) is 16.3 Å². The maximum atomic E-state index is 10.8. The molecule has 0 aliphatic heterocycles. The zero-order chi connectivity index (χ0) is 9.84. The van der Waals surface area contributed by atoms with Crippen molar-refractivity contribution in [1.29, 1.82) is 5.26 Å². The molecule has 1 amide bonds. The molecule has 0 aliphatic carbocycles. The molecule has 66 valence electrons. The van der Waals surface area contributed by atoms with Crippen molar-refractivity contribution in [3.8, 4) is 6.07 Å².